The molecule has 0 aliphatic heterocycles. The van der Waals surface area contributed by atoms with Crippen LogP contribution >= 0.6 is 11.6 Å². The number of anilines is 1. The second-order valence-electron chi connectivity index (χ2n) is 3.46. The fraction of sp³-hybridized carbons (Fsp3) is 0.182. The number of benzene rings is 1. The molecule has 0 saturated carbocycles. The third-order valence-corrected chi connectivity index (χ3v) is 2.66. The van der Waals surface area contributed by atoms with Gasteiger partial charge in [-0.2, -0.15) is 10.4 Å². The molecule has 0 fully saturated rings. The first-order chi connectivity index (χ1) is 7.97. The lowest BCUT2D eigenvalue weighted by molar-refractivity contribution is 1.26. The predicted molar refractivity (Wildman–Crippen MR) is 69.5 cm³/mol. The maximum Gasteiger partial charge on any atom is 0.201 e. The Labute approximate surface area is 104 Å². The van der Waals surface area contributed by atoms with E-state index in [-0.39, 0.29) is 11.5 Å². The van der Waals surface area contributed by atoms with Crippen molar-refractivity contribution in [1.29, 1.82) is 10.7 Å². The minimum atomic E-state index is -0.377. The second kappa shape index (κ2) is 5.32. The van der Waals surface area contributed by atoms with Gasteiger partial charge in [-0.05, 0) is 31.0 Å². The van der Waals surface area contributed by atoms with E-state index >= 15 is 0 Å². The summed E-state index contributed by atoms with van der Waals surface area (Å²) in [7, 11) is 0. The van der Waals surface area contributed by atoms with Crippen LogP contribution in [0, 0.1) is 30.6 Å². The van der Waals surface area contributed by atoms with E-state index in [1.165, 1.54) is 0 Å². The fourth-order valence-corrected chi connectivity index (χ4v) is 1.41. The van der Waals surface area contributed by atoms with Crippen LogP contribution in [-0.4, -0.2) is 11.5 Å². The molecule has 0 aliphatic carbocycles. The van der Waals surface area contributed by atoms with Crippen molar-refractivity contribution in [1.82, 2.24) is 0 Å². The van der Waals surface area contributed by atoms with Crippen molar-refractivity contribution in [3.8, 4) is 6.07 Å². The Morgan fingerprint density at radius 2 is 2.18 bits per heavy atom. The molecule has 17 heavy (non-hydrogen) atoms. The van der Waals surface area contributed by atoms with Crippen LogP contribution in [0.5, 0.6) is 0 Å². The molecule has 0 atom stereocenters. The quantitative estimate of drug-likeness (QED) is 0.435. The number of hydrazone groups is 1. The van der Waals surface area contributed by atoms with E-state index in [4.69, 9.17) is 28.0 Å². The third kappa shape index (κ3) is 2.95. The minimum absolute atomic E-state index is 0.163. The predicted octanol–water partition coefficient (Wildman–Crippen LogP) is 2.18. The average Bonchev–Trinajstić information content (AvgIpc) is 2.28. The van der Waals surface area contributed by atoms with Gasteiger partial charge in [-0.3, -0.25) is 10.8 Å². The SMILES string of the molecule is Cc1ccc(Cl)c(C)c1N/N=C(\C#N)C(=N)N. The number of nitriles is 1. The maximum absolute atomic E-state index is 8.70. The van der Waals surface area contributed by atoms with E-state index in [1.54, 1.807) is 12.1 Å². The van der Waals surface area contributed by atoms with E-state index in [2.05, 4.69) is 10.5 Å². The molecule has 0 radical (unpaired) electrons. The van der Waals surface area contributed by atoms with Crippen LogP contribution in [0.4, 0.5) is 5.69 Å². The van der Waals surface area contributed by atoms with Crippen LogP contribution in [0.2, 0.25) is 5.02 Å². The highest BCUT2D eigenvalue weighted by atomic mass is 35.5. The van der Waals surface area contributed by atoms with Crippen molar-refractivity contribution in [3.63, 3.8) is 0 Å². The number of rotatable bonds is 3. The van der Waals surface area contributed by atoms with Gasteiger partial charge < -0.3 is 5.73 Å². The molecule has 5 nitrogen and oxygen atoms in total. The number of hydrogen-bond acceptors (Lipinski definition) is 4. The second-order valence-corrected chi connectivity index (χ2v) is 3.87. The zero-order valence-corrected chi connectivity index (χ0v) is 10.3. The van der Waals surface area contributed by atoms with Gasteiger partial charge in [0.05, 0.1) is 5.69 Å². The summed E-state index contributed by atoms with van der Waals surface area (Å²) in [5, 5.41) is 20.2. The van der Waals surface area contributed by atoms with Crippen LogP contribution < -0.4 is 11.2 Å². The number of nitrogens with zero attached hydrogens (tertiary/aromatic N) is 2. The number of hydrogen-bond donors (Lipinski definition) is 3. The standard InChI is InChI=1S/C11H12ClN5/c1-6-3-4-8(12)7(2)10(6)17-16-9(5-13)11(14)15/h3-4,17H,1-2H3,(H3,14,15)/b16-9+. The molecule has 0 saturated heterocycles. The summed E-state index contributed by atoms with van der Waals surface area (Å²) in [6.45, 7) is 3.73. The van der Waals surface area contributed by atoms with Crippen LogP contribution in [-0.2, 0) is 0 Å². The summed E-state index contributed by atoms with van der Waals surface area (Å²) in [5.41, 5.74) is 10.2. The molecule has 0 heterocycles. The lowest BCUT2D eigenvalue weighted by Crippen LogP contribution is -2.22. The molecule has 0 spiro atoms. The highest BCUT2D eigenvalue weighted by molar-refractivity contribution is 6.45. The van der Waals surface area contributed by atoms with Gasteiger partial charge in [-0.25, -0.2) is 0 Å². The van der Waals surface area contributed by atoms with Gasteiger partial charge >= 0.3 is 0 Å². The summed E-state index contributed by atoms with van der Waals surface area (Å²) in [5.74, 6) is -0.377. The first kappa shape index (κ1) is 13.0. The summed E-state index contributed by atoms with van der Waals surface area (Å²) in [6, 6.07) is 5.36. The van der Waals surface area contributed by atoms with Crippen molar-refractivity contribution in [2.75, 3.05) is 5.43 Å². The minimum Gasteiger partial charge on any atom is -0.382 e. The van der Waals surface area contributed by atoms with Crippen LogP contribution in [0.1, 0.15) is 11.1 Å². The van der Waals surface area contributed by atoms with Crippen molar-refractivity contribution < 1.29 is 0 Å². The van der Waals surface area contributed by atoms with Crippen molar-refractivity contribution in [2.24, 2.45) is 10.8 Å². The summed E-state index contributed by atoms with van der Waals surface area (Å²) in [4.78, 5) is 0. The van der Waals surface area contributed by atoms with Crippen LogP contribution in [0.3, 0.4) is 0 Å². The number of aryl methyl sites for hydroxylation is 1. The Kier molecular flexibility index (Phi) is 4.07. The molecule has 0 aromatic heterocycles. The van der Waals surface area contributed by atoms with Crippen LogP contribution in [0.25, 0.3) is 0 Å². The largest absolute Gasteiger partial charge is 0.382 e. The highest BCUT2D eigenvalue weighted by Gasteiger charge is 2.06. The molecular weight excluding hydrogens is 238 g/mol. The van der Waals surface area contributed by atoms with Crippen LogP contribution in [0.15, 0.2) is 17.2 Å². The van der Waals surface area contributed by atoms with Gasteiger partial charge in [-0.15, -0.1) is 0 Å². The fourth-order valence-electron chi connectivity index (χ4n) is 1.25. The molecule has 1 rings (SSSR count). The lowest BCUT2D eigenvalue weighted by Gasteiger charge is -2.10. The van der Waals surface area contributed by atoms with E-state index < -0.39 is 0 Å². The topological polar surface area (TPSA) is 98.0 Å². The van der Waals surface area contributed by atoms with Gasteiger partial charge in [0.1, 0.15) is 6.07 Å². The Balaban J connectivity index is 3.09. The molecular formula is C11H12ClN5. The molecule has 88 valence electrons. The monoisotopic (exact) mass is 249 g/mol. The molecule has 0 unspecified atom stereocenters. The molecule has 0 bridgehead atoms. The first-order valence-electron chi connectivity index (χ1n) is 4.81. The molecule has 1 aromatic carbocycles. The van der Waals surface area contributed by atoms with E-state index in [0.717, 1.165) is 11.1 Å². The molecule has 0 aliphatic rings. The molecule has 1 aromatic rings. The van der Waals surface area contributed by atoms with Gasteiger partial charge in [0.15, 0.2) is 5.84 Å². The Hall–Kier alpha value is -2.06. The number of nitrogens with one attached hydrogen (secondary N) is 2. The zero-order chi connectivity index (χ0) is 13.0. The van der Waals surface area contributed by atoms with Crippen molar-refractivity contribution in [3.05, 3.63) is 28.3 Å². The first-order valence-corrected chi connectivity index (χ1v) is 5.19. The molecule has 0 amide bonds. The smallest absolute Gasteiger partial charge is 0.201 e. The van der Waals surface area contributed by atoms with E-state index in [0.29, 0.717) is 10.7 Å². The number of amidine groups is 1. The van der Waals surface area contributed by atoms with Gasteiger partial charge in [0.2, 0.25) is 5.71 Å². The van der Waals surface area contributed by atoms with E-state index in [9.17, 15) is 0 Å². The summed E-state index contributed by atoms with van der Waals surface area (Å²) < 4.78 is 0. The Bertz CT molecular complexity index is 527. The van der Waals surface area contributed by atoms with E-state index in [1.807, 2.05) is 19.9 Å². The highest BCUT2D eigenvalue weighted by Crippen LogP contribution is 2.26. The normalized spacial score (nSPS) is 10.8. The van der Waals surface area contributed by atoms with Gasteiger partial charge in [-0.1, -0.05) is 17.7 Å². The molecule has 4 N–H and O–H groups in total. The molecule has 6 heteroatoms. The summed E-state index contributed by atoms with van der Waals surface area (Å²) >= 11 is 5.98. The maximum atomic E-state index is 8.70. The Morgan fingerprint density at radius 1 is 1.53 bits per heavy atom. The van der Waals surface area contributed by atoms with Gasteiger partial charge in [0.25, 0.3) is 0 Å². The lowest BCUT2D eigenvalue weighted by atomic mass is 10.1. The average molecular weight is 250 g/mol. The Morgan fingerprint density at radius 3 is 2.71 bits per heavy atom. The number of halogens is 1. The van der Waals surface area contributed by atoms with Crippen molar-refractivity contribution in [2.45, 2.75) is 13.8 Å². The third-order valence-electron chi connectivity index (χ3n) is 2.25. The number of nitrogens with two attached hydrogens (primary N) is 1. The zero-order valence-electron chi connectivity index (χ0n) is 9.50. The van der Waals surface area contributed by atoms with Gasteiger partial charge in [0, 0.05) is 5.02 Å². The summed E-state index contributed by atoms with van der Waals surface area (Å²) in [6.07, 6.45) is 0. The van der Waals surface area contributed by atoms with Crippen molar-refractivity contribution >= 4 is 28.8 Å².